The highest BCUT2D eigenvalue weighted by Crippen LogP contribution is 2.27. The van der Waals surface area contributed by atoms with Crippen LogP contribution in [0, 0.1) is 0 Å². The fraction of sp³-hybridized carbons (Fsp3) is 0.211. The average Bonchev–Trinajstić information content (AvgIpc) is 2.66. The number of carbonyl (C=O) groups is 1. The quantitative estimate of drug-likeness (QED) is 0.411. The third-order valence-electron chi connectivity index (χ3n) is 3.91. The number of benzene rings is 1. The standard InChI is InChI=1S/C19H21N5O2S/c1-11-10-21-12(2)8-15(11)22-17-9-16(18(25)26-3)23-19(24-17)27-14-6-4-13(20)5-7-14/h4-9,21H,10,20H2,1-3H3,(H,22,23,24). The first-order valence-corrected chi connectivity index (χ1v) is 9.16. The first-order valence-electron chi connectivity index (χ1n) is 8.34. The zero-order chi connectivity index (χ0) is 19.4. The number of hydrogen-bond donors (Lipinski definition) is 3. The van der Waals surface area contributed by atoms with E-state index < -0.39 is 5.97 Å². The predicted octanol–water partition coefficient (Wildman–Crippen LogP) is 3.19. The van der Waals surface area contributed by atoms with Gasteiger partial charge in [-0.3, -0.25) is 0 Å². The number of hydrogen-bond acceptors (Lipinski definition) is 8. The average molecular weight is 383 g/mol. The fourth-order valence-corrected chi connectivity index (χ4v) is 3.19. The Kier molecular flexibility index (Phi) is 5.66. The molecular weight excluding hydrogens is 362 g/mol. The van der Waals surface area contributed by atoms with Gasteiger partial charge in [0, 0.05) is 34.6 Å². The molecule has 3 rings (SSSR count). The zero-order valence-corrected chi connectivity index (χ0v) is 16.2. The van der Waals surface area contributed by atoms with E-state index in [9.17, 15) is 4.79 Å². The number of allylic oxidation sites excluding steroid dienone is 2. The Morgan fingerprint density at radius 3 is 2.70 bits per heavy atom. The van der Waals surface area contributed by atoms with Crippen molar-refractivity contribution < 1.29 is 9.53 Å². The van der Waals surface area contributed by atoms with E-state index in [1.54, 1.807) is 6.07 Å². The first kappa shape index (κ1) is 18.8. The van der Waals surface area contributed by atoms with E-state index in [1.165, 1.54) is 18.9 Å². The molecule has 1 aromatic heterocycles. The molecule has 0 saturated carbocycles. The van der Waals surface area contributed by atoms with Crippen LogP contribution in [0.4, 0.5) is 11.5 Å². The molecule has 140 valence electrons. The highest BCUT2D eigenvalue weighted by molar-refractivity contribution is 7.99. The van der Waals surface area contributed by atoms with Gasteiger partial charge in [0.2, 0.25) is 0 Å². The van der Waals surface area contributed by atoms with Gasteiger partial charge in [0.25, 0.3) is 0 Å². The number of nitrogens with one attached hydrogen (secondary N) is 2. The summed E-state index contributed by atoms with van der Waals surface area (Å²) in [4.78, 5) is 21.8. The molecule has 27 heavy (non-hydrogen) atoms. The second-order valence-electron chi connectivity index (χ2n) is 6.08. The van der Waals surface area contributed by atoms with Gasteiger partial charge in [-0.15, -0.1) is 0 Å². The molecule has 0 aliphatic carbocycles. The maximum absolute atomic E-state index is 12.0. The summed E-state index contributed by atoms with van der Waals surface area (Å²) in [5.41, 5.74) is 9.75. The number of anilines is 2. The molecule has 1 aliphatic rings. The summed E-state index contributed by atoms with van der Waals surface area (Å²) in [6.45, 7) is 4.79. The van der Waals surface area contributed by atoms with E-state index in [0.29, 0.717) is 16.7 Å². The zero-order valence-electron chi connectivity index (χ0n) is 15.4. The van der Waals surface area contributed by atoms with Gasteiger partial charge < -0.3 is 21.1 Å². The van der Waals surface area contributed by atoms with E-state index in [4.69, 9.17) is 10.5 Å². The highest BCUT2D eigenvalue weighted by Gasteiger charge is 2.15. The van der Waals surface area contributed by atoms with Gasteiger partial charge in [-0.25, -0.2) is 14.8 Å². The van der Waals surface area contributed by atoms with Gasteiger partial charge in [-0.2, -0.15) is 0 Å². The molecule has 0 fully saturated rings. The molecule has 2 heterocycles. The Bertz CT molecular complexity index is 922. The molecule has 1 aromatic carbocycles. The van der Waals surface area contributed by atoms with Crippen LogP contribution in [0.15, 0.2) is 63.4 Å². The predicted molar refractivity (Wildman–Crippen MR) is 106 cm³/mol. The molecule has 2 aromatic rings. The molecule has 0 radical (unpaired) electrons. The summed E-state index contributed by atoms with van der Waals surface area (Å²) < 4.78 is 4.82. The Morgan fingerprint density at radius 1 is 1.26 bits per heavy atom. The maximum atomic E-state index is 12.0. The van der Waals surface area contributed by atoms with Crippen LogP contribution in [0.25, 0.3) is 0 Å². The van der Waals surface area contributed by atoms with Crippen molar-refractivity contribution in [2.45, 2.75) is 23.9 Å². The van der Waals surface area contributed by atoms with Crippen molar-refractivity contribution >= 4 is 29.2 Å². The van der Waals surface area contributed by atoms with E-state index in [-0.39, 0.29) is 5.69 Å². The van der Waals surface area contributed by atoms with Gasteiger partial charge in [-0.1, -0.05) is 0 Å². The van der Waals surface area contributed by atoms with E-state index in [2.05, 4.69) is 20.6 Å². The minimum absolute atomic E-state index is 0.195. The third-order valence-corrected chi connectivity index (χ3v) is 4.78. The van der Waals surface area contributed by atoms with Crippen LogP contribution in [0.1, 0.15) is 24.3 Å². The van der Waals surface area contributed by atoms with E-state index in [1.807, 2.05) is 44.2 Å². The summed E-state index contributed by atoms with van der Waals surface area (Å²) in [5.74, 6) is 0.0194. The number of nitrogens with zero attached hydrogens (tertiary/aromatic N) is 2. The normalized spacial score (nSPS) is 13.7. The van der Waals surface area contributed by atoms with E-state index >= 15 is 0 Å². The van der Waals surface area contributed by atoms with Gasteiger partial charge in [0.1, 0.15) is 5.82 Å². The summed E-state index contributed by atoms with van der Waals surface area (Å²) in [6, 6.07) is 8.97. The minimum atomic E-state index is -0.512. The maximum Gasteiger partial charge on any atom is 0.356 e. The molecule has 4 N–H and O–H groups in total. The number of rotatable bonds is 5. The second kappa shape index (κ2) is 8.13. The van der Waals surface area contributed by atoms with Crippen molar-refractivity contribution in [2.75, 3.05) is 24.7 Å². The lowest BCUT2D eigenvalue weighted by atomic mass is 10.1. The molecule has 0 saturated heterocycles. The molecule has 0 amide bonds. The van der Waals surface area contributed by atoms with Gasteiger partial charge >= 0.3 is 5.97 Å². The van der Waals surface area contributed by atoms with Crippen molar-refractivity contribution in [3.05, 3.63) is 59.1 Å². The minimum Gasteiger partial charge on any atom is -0.464 e. The Morgan fingerprint density at radius 2 is 2.00 bits per heavy atom. The van der Waals surface area contributed by atoms with Crippen LogP contribution in [0.5, 0.6) is 0 Å². The first-order chi connectivity index (χ1) is 12.9. The lowest BCUT2D eigenvalue weighted by Gasteiger charge is -2.19. The molecule has 1 aliphatic heterocycles. The van der Waals surface area contributed by atoms with Crippen LogP contribution < -0.4 is 16.4 Å². The SMILES string of the molecule is COC(=O)c1cc(NC2=C(C)CNC(C)=C2)nc(Sc2ccc(N)cc2)n1. The van der Waals surface area contributed by atoms with Crippen LogP contribution in [-0.4, -0.2) is 29.6 Å². The van der Waals surface area contributed by atoms with Crippen LogP contribution in [-0.2, 0) is 4.74 Å². The van der Waals surface area contributed by atoms with Crippen molar-refractivity contribution in [2.24, 2.45) is 0 Å². The molecule has 8 heteroatoms. The number of esters is 1. The summed E-state index contributed by atoms with van der Waals surface area (Å²) in [7, 11) is 1.33. The number of carbonyl (C=O) groups excluding carboxylic acids is 1. The molecule has 7 nitrogen and oxygen atoms in total. The Hall–Kier alpha value is -3.00. The topological polar surface area (TPSA) is 102 Å². The largest absolute Gasteiger partial charge is 0.464 e. The second-order valence-corrected chi connectivity index (χ2v) is 7.12. The van der Waals surface area contributed by atoms with Gasteiger partial charge in [-0.05, 0) is 61.5 Å². The number of nitrogens with two attached hydrogens (primary N) is 1. The summed E-state index contributed by atoms with van der Waals surface area (Å²) >= 11 is 1.35. The number of dihydropyridines is 1. The Labute approximate surface area is 162 Å². The van der Waals surface area contributed by atoms with Gasteiger partial charge in [0.05, 0.1) is 7.11 Å². The van der Waals surface area contributed by atoms with Crippen LogP contribution >= 0.6 is 11.8 Å². The number of methoxy groups -OCH3 is 1. The number of ether oxygens (including phenoxy) is 1. The van der Waals surface area contributed by atoms with Crippen molar-refractivity contribution in [3.63, 3.8) is 0 Å². The van der Waals surface area contributed by atoms with E-state index in [0.717, 1.165) is 28.4 Å². The van der Waals surface area contributed by atoms with Crippen LogP contribution in [0.2, 0.25) is 0 Å². The smallest absolute Gasteiger partial charge is 0.356 e. The van der Waals surface area contributed by atoms with Crippen molar-refractivity contribution in [3.8, 4) is 0 Å². The highest BCUT2D eigenvalue weighted by atomic mass is 32.2. The Balaban J connectivity index is 1.93. The molecule has 0 spiro atoms. The fourth-order valence-electron chi connectivity index (χ4n) is 2.42. The molecular formula is C19H21N5O2S. The molecule has 0 atom stereocenters. The third kappa shape index (κ3) is 4.79. The summed E-state index contributed by atoms with van der Waals surface area (Å²) in [5, 5.41) is 7.01. The lowest BCUT2D eigenvalue weighted by molar-refractivity contribution is 0.0593. The van der Waals surface area contributed by atoms with Gasteiger partial charge in [0.15, 0.2) is 10.9 Å². The number of nitrogen functional groups attached to an aromatic ring is 1. The molecule has 0 bridgehead atoms. The van der Waals surface area contributed by atoms with Crippen molar-refractivity contribution in [1.82, 2.24) is 15.3 Å². The van der Waals surface area contributed by atoms with Crippen LogP contribution in [0.3, 0.4) is 0 Å². The number of aromatic nitrogens is 2. The van der Waals surface area contributed by atoms with Crippen molar-refractivity contribution in [1.29, 1.82) is 0 Å². The molecule has 0 unspecified atom stereocenters. The monoisotopic (exact) mass is 383 g/mol. The lowest BCUT2D eigenvalue weighted by Crippen LogP contribution is -2.21. The summed E-state index contributed by atoms with van der Waals surface area (Å²) in [6.07, 6.45) is 2.01.